The maximum atomic E-state index is 12.5. The molecule has 0 aliphatic heterocycles. The second-order valence-electron chi connectivity index (χ2n) is 6.39. The van der Waals surface area contributed by atoms with E-state index in [0.717, 1.165) is 0 Å². The average molecular weight is 507 g/mol. The Bertz CT molecular complexity index is 1090. The molecule has 0 saturated carbocycles. The number of benzene rings is 1. The number of hydrogen-bond acceptors (Lipinski definition) is 7. The number of aliphatic carboxylic acids is 1. The number of hydrogen-bond donors (Lipinski definition) is 3. The van der Waals surface area contributed by atoms with Gasteiger partial charge in [0, 0.05) is 13.1 Å². The van der Waals surface area contributed by atoms with Crippen molar-refractivity contribution in [3.05, 3.63) is 42.1 Å². The number of aromatic carboxylic acids is 1. The molecule has 0 radical (unpaired) electrons. The van der Waals surface area contributed by atoms with Gasteiger partial charge in [0.1, 0.15) is 17.1 Å². The predicted molar refractivity (Wildman–Crippen MR) is 117 cm³/mol. The Morgan fingerprint density at radius 1 is 1.09 bits per heavy atom. The number of aromatic nitrogens is 1. The molecule has 1 aromatic heterocycles. The number of pyridine rings is 1. The molecule has 0 saturated heterocycles. The van der Waals surface area contributed by atoms with Crippen LogP contribution in [0.1, 0.15) is 31.1 Å². The summed E-state index contributed by atoms with van der Waals surface area (Å²) in [5.41, 5.74) is 0.0165. The summed E-state index contributed by atoms with van der Waals surface area (Å²) >= 11 is 0. The Morgan fingerprint density at radius 2 is 1.62 bits per heavy atom. The molecule has 0 aliphatic rings. The van der Waals surface area contributed by atoms with E-state index in [0.29, 0.717) is 31.3 Å². The number of anilines is 2. The van der Waals surface area contributed by atoms with Crippen molar-refractivity contribution in [1.82, 2.24) is 4.98 Å². The van der Waals surface area contributed by atoms with Crippen LogP contribution in [0.5, 0.6) is 5.75 Å². The summed E-state index contributed by atoms with van der Waals surface area (Å²) in [6.45, 7) is 7.26. The molecule has 1 heterocycles. The first-order valence-electron chi connectivity index (χ1n) is 9.80. The normalized spacial score (nSPS) is 11.1. The van der Waals surface area contributed by atoms with Crippen molar-refractivity contribution in [2.24, 2.45) is 0 Å². The molecule has 0 bridgehead atoms. The van der Waals surface area contributed by atoms with Crippen LogP contribution in [0.2, 0.25) is 0 Å². The van der Waals surface area contributed by atoms with Gasteiger partial charge in [-0.25, -0.2) is 23.0 Å². The molecule has 10 nitrogen and oxygen atoms in total. The summed E-state index contributed by atoms with van der Waals surface area (Å²) in [6, 6.07) is 7.23. The van der Waals surface area contributed by atoms with Crippen molar-refractivity contribution in [1.29, 1.82) is 0 Å². The van der Waals surface area contributed by atoms with Crippen molar-refractivity contribution in [3.63, 3.8) is 0 Å². The molecule has 0 fully saturated rings. The fraction of sp³-hybridized carbons (Fsp3) is 0.350. The molecule has 1 aromatic carbocycles. The van der Waals surface area contributed by atoms with Crippen molar-refractivity contribution in [3.8, 4) is 5.75 Å². The van der Waals surface area contributed by atoms with Gasteiger partial charge in [-0.15, -0.1) is 0 Å². The number of sulfonamides is 1. The molecule has 2 aromatic rings. The number of nitrogens with zero attached hydrogens (tertiary/aromatic N) is 2. The molecule has 0 aliphatic carbocycles. The molecule has 3 N–H and O–H groups in total. The first-order valence-corrected chi connectivity index (χ1v) is 11.3. The van der Waals surface area contributed by atoms with Gasteiger partial charge in [0.05, 0.1) is 23.4 Å². The third kappa shape index (κ3) is 8.10. The summed E-state index contributed by atoms with van der Waals surface area (Å²) in [4.78, 5) is 26.5. The van der Waals surface area contributed by atoms with Crippen LogP contribution in [0.4, 0.5) is 24.7 Å². The molecule has 0 unspecified atom stereocenters. The van der Waals surface area contributed by atoms with Gasteiger partial charge in [0.2, 0.25) is 0 Å². The van der Waals surface area contributed by atoms with Gasteiger partial charge in [-0.2, -0.15) is 13.2 Å². The van der Waals surface area contributed by atoms with Crippen LogP contribution in [0, 0.1) is 0 Å². The van der Waals surface area contributed by atoms with Crippen LogP contribution in [-0.4, -0.2) is 61.4 Å². The van der Waals surface area contributed by atoms with Gasteiger partial charge in [0.25, 0.3) is 10.0 Å². The highest BCUT2D eigenvalue weighted by atomic mass is 32.2. The highest BCUT2D eigenvalue weighted by molar-refractivity contribution is 7.92. The average Bonchev–Trinajstić information content (AvgIpc) is 2.75. The van der Waals surface area contributed by atoms with E-state index in [9.17, 15) is 31.5 Å². The lowest BCUT2D eigenvalue weighted by Gasteiger charge is -2.22. The zero-order valence-electron chi connectivity index (χ0n) is 18.5. The fourth-order valence-corrected chi connectivity index (χ4v) is 3.58. The predicted octanol–water partition coefficient (Wildman–Crippen LogP) is 3.46. The van der Waals surface area contributed by atoms with E-state index in [1.165, 1.54) is 24.4 Å². The minimum absolute atomic E-state index is 0.0376. The van der Waals surface area contributed by atoms with E-state index < -0.39 is 28.1 Å². The minimum Gasteiger partial charge on any atom is -0.494 e. The number of alkyl halides is 3. The second-order valence-corrected chi connectivity index (χ2v) is 8.07. The lowest BCUT2D eigenvalue weighted by Crippen LogP contribution is -2.25. The van der Waals surface area contributed by atoms with Crippen LogP contribution in [0.25, 0.3) is 0 Å². The Labute approximate surface area is 194 Å². The smallest absolute Gasteiger partial charge is 0.490 e. The van der Waals surface area contributed by atoms with E-state index in [1.54, 1.807) is 17.0 Å². The lowest BCUT2D eigenvalue weighted by atomic mass is 10.2. The third-order valence-electron chi connectivity index (χ3n) is 4.10. The third-order valence-corrected chi connectivity index (χ3v) is 5.50. The topological polar surface area (TPSA) is 146 Å². The van der Waals surface area contributed by atoms with Gasteiger partial charge in [0.15, 0.2) is 0 Å². The number of carbonyl (C=O) groups is 2. The van der Waals surface area contributed by atoms with E-state index in [1.807, 2.05) is 20.8 Å². The van der Waals surface area contributed by atoms with Crippen molar-refractivity contribution in [2.75, 3.05) is 29.3 Å². The second kappa shape index (κ2) is 12.1. The number of carboxylic acids is 2. The fourth-order valence-electron chi connectivity index (χ4n) is 2.54. The SMILES string of the molecule is CCOc1ccc(S(=O)(=O)Nc2cnc(N(CC)CC)c(C(=O)O)c2)cc1.O=C(O)C(F)(F)F. The molecule has 2 rings (SSSR count). The molecule has 0 atom stereocenters. The highest BCUT2D eigenvalue weighted by Crippen LogP contribution is 2.24. The van der Waals surface area contributed by atoms with E-state index in [-0.39, 0.29) is 16.1 Å². The summed E-state index contributed by atoms with van der Waals surface area (Å²) < 4.78 is 64.5. The number of nitrogens with one attached hydrogen (secondary N) is 1. The Balaban J connectivity index is 0.000000718. The Morgan fingerprint density at radius 3 is 2.03 bits per heavy atom. The summed E-state index contributed by atoms with van der Waals surface area (Å²) in [6.07, 6.45) is -3.77. The molecule has 0 spiro atoms. The van der Waals surface area contributed by atoms with Crippen LogP contribution in [0.15, 0.2) is 41.4 Å². The number of ether oxygens (including phenoxy) is 1. The first kappa shape index (κ1) is 28.5. The van der Waals surface area contributed by atoms with Gasteiger partial charge in [-0.1, -0.05) is 0 Å². The maximum absolute atomic E-state index is 12.5. The molecular formula is C20H24F3N3O7S. The van der Waals surface area contributed by atoms with Crippen molar-refractivity contribution < 1.29 is 46.1 Å². The summed E-state index contributed by atoms with van der Waals surface area (Å²) in [5.74, 6) is -3.06. The Hall–Kier alpha value is -3.55. The summed E-state index contributed by atoms with van der Waals surface area (Å²) in [7, 11) is -3.88. The summed E-state index contributed by atoms with van der Waals surface area (Å²) in [5, 5.41) is 16.6. The number of carboxylic acid groups (broad SMARTS) is 2. The molecule has 14 heteroatoms. The number of rotatable bonds is 9. The van der Waals surface area contributed by atoms with Crippen LogP contribution < -0.4 is 14.4 Å². The van der Waals surface area contributed by atoms with Crippen LogP contribution in [-0.2, 0) is 14.8 Å². The molecule has 188 valence electrons. The first-order chi connectivity index (χ1) is 15.8. The van der Waals surface area contributed by atoms with Gasteiger partial charge in [-0.3, -0.25) is 4.72 Å². The van der Waals surface area contributed by atoms with Crippen molar-refractivity contribution >= 4 is 33.5 Å². The van der Waals surface area contributed by atoms with Gasteiger partial charge < -0.3 is 19.8 Å². The lowest BCUT2D eigenvalue weighted by molar-refractivity contribution is -0.192. The van der Waals surface area contributed by atoms with E-state index in [2.05, 4.69) is 9.71 Å². The largest absolute Gasteiger partial charge is 0.494 e. The maximum Gasteiger partial charge on any atom is 0.490 e. The van der Waals surface area contributed by atoms with Crippen molar-refractivity contribution in [2.45, 2.75) is 31.8 Å². The van der Waals surface area contributed by atoms with Crippen LogP contribution in [0.3, 0.4) is 0 Å². The highest BCUT2D eigenvalue weighted by Gasteiger charge is 2.38. The standard InChI is InChI=1S/C18H23N3O5S.C2HF3O2/c1-4-21(5-2)17-16(18(22)23)11-13(12-19-17)20-27(24,25)15-9-7-14(8-10-15)26-6-3;3-2(4,5)1(6)7/h7-12,20H,4-6H2,1-3H3,(H,22,23);(H,6,7). The minimum atomic E-state index is -5.08. The molecule has 34 heavy (non-hydrogen) atoms. The van der Waals surface area contributed by atoms with Gasteiger partial charge in [-0.05, 0) is 51.1 Å². The molecule has 0 amide bonds. The molecular weight excluding hydrogens is 483 g/mol. The zero-order valence-corrected chi connectivity index (χ0v) is 19.3. The zero-order chi connectivity index (χ0) is 26.1. The number of halogens is 3. The van der Waals surface area contributed by atoms with E-state index >= 15 is 0 Å². The van der Waals surface area contributed by atoms with Gasteiger partial charge >= 0.3 is 18.1 Å². The monoisotopic (exact) mass is 507 g/mol. The Kier molecular flexibility index (Phi) is 10.1. The van der Waals surface area contributed by atoms with E-state index in [4.69, 9.17) is 14.6 Å². The quantitative estimate of drug-likeness (QED) is 0.464. The van der Waals surface area contributed by atoms with Crippen LogP contribution >= 0.6 is 0 Å².